The fourth-order valence-electron chi connectivity index (χ4n) is 5.31. The van der Waals surface area contributed by atoms with E-state index in [1.165, 1.54) is 38.4 Å². The standard InChI is InChI=1S/C28H29N2P.C12H10N.CH4O3S.Pd/c1-29(2)25-19-13-20-26(30(3)4)28(25)24-18-11-12-21-27(24)31(22-14-7-5-8-15-22)23-16-9-6-10-17-23;13-12-9-5-4-8-11(12)10-6-2-1-3-7-10;1-5(2,3)4;/h5-21H,1-4H3;1-6,8-9H,13H2;1H3,(H,2,3,4);/q;-1;;. The summed E-state index contributed by atoms with van der Waals surface area (Å²) in [5.74, 6) is 0. The van der Waals surface area contributed by atoms with E-state index in [0.717, 1.165) is 16.8 Å². The largest absolute Gasteiger partial charge is 0.406 e. The molecule has 0 amide bonds. The molecule has 0 aromatic heterocycles. The molecule has 9 heteroatoms. The van der Waals surface area contributed by atoms with Crippen LogP contribution in [0.25, 0.3) is 22.3 Å². The van der Waals surface area contributed by atoms with Crippen LogP contribution in [0.15, 0.2) is 152 Å². The Labute approximate surface area is 312 Å². The van der Waals surface area contributed by atoms with Gasteiger partial charge in [0.05, 0.1) is 6.26 Å². The van der Waals surface area contributed by atoms with Crippen molar-refractivity contribution in [2.24, 2.45) is 0 Å². The molecule has 262 valence electrons. The van der Waals surface area contributed by atoms with E-state index in [1.54, 1.807) is 0 Å². The molecule has 0 saturated heterocycles. The minimum atomic E-state index is -3.67. The van der Waals surface area contributed by atoms with E-state index in [4.69, 9.17) is 10.3 Å². The first-order valence-electron chi connectivity index (χ1n) is 15.7. The third-order valence-electron chi connectivity index (χ3n) is 7.39. The van der Waals surface area contributed by atoms with Crippen molar-refractivity contribution in [1.82, 2.24) is 0 Å². The Morgan fingerprint density at radius 1 is 0.600 bits per heavy atom. The van der Waals surface area contributed by atoms with Crippen LogP contribution in [0.5, 0.6) is 0 Å². The average molecular weight is 795 g/mol. The van der Waals surface area contributed by atoms with E-state index < -0.39 is 18.0 Å². The summed E-state index contributed by atoms with van der Waals surface area (Å²) in [6.45, 7) is 0. The zero-order valence-electron chi connectivity index (χ0n) is 28.8. The molecule has 0 aliphatic heterocycles. The van der Waals surface area contributed by atoms with E-state index in [2.05, 4.69) is 147 Å². The van der Waals surface area contributed by atoms with Gasteiger partial charge in [-0.25, -0.2) is 0 Å². The number of para-hydroxylation sites is 1. The number of anilines is 3. The average Bonchev–Trinajstić information content (AvgIpc) is 3.09. The van der Waals surface area contributed by atoms with Gasteiger partial charge in [-0.15, -0.1) is 35.9 Å². The second-order valence-corrected chi connectivity index (χ2v) is 15.2. The first-order chi connectivity index (χ1) is 23.5. The Hall–Kier alpha value is -4.28. The molecule has 0 bridgehead atoms. The number of nitrogens with two attached hydrogens (primary N) is 1. The molecule has 50 heavy (non-hydrogen) atoms. The molecule has 0 saturated carbocycles. The first kappa shape index (κ1) is 40.2. The Bertz CT molecular complexity index is 1960. The van der Waals surface area contributed by atoms with Crippen molar-refractivity contribution in [1.29, 1.82) is 0 Å². The van der Waals surface area contributed by atoms with E-state index in [-0.39, 0.29) is 20.4 Å². The van der Waals surface area contributed by atoms with Crippen LogP contribution in [-0.4, -0.2) is 47.4 Å². The van der Waals surface area contributed by atoms with Crippen LogP contribution in [0.4, 0.5) is 17.1 Å². The molecule has 6 nitrogen and oxygen atoms in total. The fourth-order valence-corrected chi connectivity index (χ4v) is 7.77. The Kier molecular flexibility index (Phi) is 15.4. The SMILES string of the molecule is CN(C)c1cccc(N(C)C)c1-c1ccccc1P(c1ccccc1)c1ccccc1.CS(=O)(=O)O.Nc1ccccc1-c1[c-]cccc1.[Pd]. The molecule has 0 heterocycles. The molecule has 3 N–H and O–H groups in total. The second kappa shape index (κ2) is 19.2. The van der Waals surface area contributed by atoms with Crippen molar-refractivity contribution in [2.75, 3.05) is 50.0 Å². The summed E-state index contributed by atoms with van der Waals surface area (Å²) in [4.78, 5) is 4.43. The number of nitrogen functional groups attached to an aromatic ring is 1. The van der Waals surface area contributed by atoms with Crippen LogP contribution >= 0.6 is 7.92 Å². The molecular weight excluding hydrogens is 752 g/mol. The fraction of sp³-hybridized carbons (Fsp3) is 0.122. The van der Waals surface area contributed by atoms with E-state index in [0.29, 0.717) is 6.26 Å². The predicted molar refractivity (Wildman–Crippen MR) is 212 cm³/mol. The van der Waals surface area contributed by atoms with Gasteiger partial charge in [-0.05, 0) is 53.3 Å². The zero-order valence-corrected chi connectivity index (χ0v) is 32.1. The van der Waals surface area contributed by atoms with Gasteiger partial charge < -0.3 is 15.5 Å². The third-order valence-corrected chi connectivity index (χ3v) is 9.89. The summed E-state index contributed by atoms with van der Waals surface area (Å²) in [6, 6.07) is 56.1. The van der Waals surface area contributed by atoms with Gasteiger partial charge in [-0.2, -0.15) is 8.42 Å². The van der Waals surface area contributed by atoms with Crippen molar-refractivity contribution >= 4 is 51.0 Å². The van der Waals surface area contributed by atoms with E-state index in [1.807, 2.05) is 48.5 Å². The summed E-state index contributed by atoms with van der Waals surface area (Å²) in [6.07, 6.45) is 0.715. The summed E-state index contributed by atoms with van der Waals surface area (Å²) < 4.78 is 25.9. The number of benzene rings is 6. The van der Waals surface area contributed by atoms with Crippen molar-refractivity contribution in [3.05, 3.63) is 158 Å². The van der Waals surface area contributed by atoms with Crippen molar-refractivity contribution in [2.45, 2.75) is 0 Å². The number of hydrogen-bond acceptors (Lipinski definition) is 5. The maximum atomic E-state index is 9.19. The van der Waals surface area contributed by atoms with Crippen LogP contribution in [0.3, 0.4) is 0 Å². The molecule has 0 aliphatic carbocycles. The van der Waals surface area contributed by atoms with Gasteiger partial charge >= 0.3 is 0 Å². The molecule has 6 aromatic carbocycles. The van der Waals surface area contributed by atoms with Crippen molar-refractivity contribution in [3.63, 3.8) is 0 Å². The Balaban J connectivity index is 0.000000293. The van der Waals surface area contributed by atoms with Crippen LogP contribution in [0.2, 0.25) is 0 Å². The van der Waals surface area contributed by atoms with Crippen LogP contribution in [0.1, 0.15) is 0 Å². The van der Waals surface area contributed by atoms with Gasteiger partial charge in [0.1, 0.15) is 0 Å². The molecule has 0 fully saturated rings. The number of hydrogen-bond donors (Lipinski definition) is 2. The first-order valence-corrected chi connectivity index (χ1v) is 18.9. The summed E-state index contributed by atoms with van der Waals surface area (Å²) >= 11 is 0. The van der Waals surface area contributed by atoms with Gasteiger partial charge in [-0.3, -0.25) is 4.55 Å². The molecule has 0 atom stereocenters. The maximum Gasteiger partial charge on any atom is 0.261 e. The topological polar surface area (TPSA) is 86.9 Å². The summed E-state index contributed by atoms with van der Waals surface area (Å²) in [5.41, 5.74) is 13.8. The van der Waals surface area contributed by atoms with Crippen molar-refractivity contribution in [3.8, 4) is 22.3 Å². The molecular formula is C41H43N3O3PPdS-. The quantitative estimate of drug-likeness (QED) is 0.0574. The molecule has 6 rings (SSSR count). The Morgan fingerprint density at radius 2 is 1.04 bits per heavy atom. The zero-order chi connectivity index (χ0) is 35.4. The summed E-state index contributed by atoms with van der Waals surface area (Å²) in [7, 11) is 4.14. The van der Waals surface area contributed by atoms with Gasteiger partial charge in [-0.1, -0.05) is 115 Å². The van der Waals surface area contributed by atoms with E-state index in [9.17, 15) is 8.42 Å². The van der Waals surface area contributed by atoms with Crippen LogP contribution in [0, 0.1) is 6.07 Å². The van der Waals surface area contributed by atoms with Crippen LogP contribution in [-0.2, 0) is 30.5 Å². The van der Waals surface area contributed by atoms with Gasteiger partial charge in [0.2, 0.25) is 0 Å². The van der Waals surface area contributed by atoms with Gasteiger partial charge in [0.15, 0.2) is 0 Å². The Morgan fingerprint density at radius 3 is 1.50 bits per heavy atom. The number of rotatable bonds is 7. The predicted octanol–water partition coefficient (Wildman–Crippen LogP) is 7.48. The molecule has 0 spiro atoms. The number of nitrogens with zero attached hydrogens (tertiary/aromatic N) is 2. The smallest absolute Gasteiger partial charge is 0.261 e. The monoisotopic (exact) mass is 794 g/mol. The molecule has 0 radical (unpaired) electrons. The van der Waals surface area contributed by atoms with Gasteiger partial charge in [0.25, 0.3) is 10.1 Å². The second-order valence-electron chi connectivity index (χ2n) is 11.6. The van der Waals surface area contributed by atoms with E-state index >= 15 is 0 Å². The molecule has 0 unspecified atom stereocenters. The summed E-state index contributed by atoms with van der Waals surface area (Å²) in [5, 5.41) is 4.11. The van der Waals surface area contributed by atoms with Crippen LogP contribution < -0.4 is 31.4 Å². The molecule has 6 aromatic rings. The van der Waals surface area contributed by atoms with Gasteiger partial charge in [0, 0.05) is 65.6 Å². The minimum absolute atomic E-state index is 0. The minimum Gasteiger partial charge on any atom is -0.406 e. The maximum absolute atomic E-state index is 9.19. The van der Waals surface area contributed by atoms with Crippen molar-refractivity contribution < 1.29 is 33.4 Å². The molecule has 0 aliphatic rings. The third kappa shape index (κ3) is 11.4. The normalized spacial score (nSPS) is 10.5.